The number of hydrogen-bond donors (Lipinski definition) is 0. The Hall–Kier alpha value is -2.93. The van der Waals surface area contributed by atoms with Gasteiger partial charge in [-0.15, -0.1) is 0 Å². The van der Waals surface area contributed by atoms with Gasteiger partial charge < -0.3 is 14.4 Å². The average Bonchev–Trinajstić information content (AvgIpc) is 2.87. The maximum Gasteiger partial charge on any atom is 0.325 e. The van der Waals surface area contributed by atoms with Crippen LogP contribution in [0.1, 0.15) is 12.5 Å². The van der Waals surface area contributed by atoms with Crippen molar-refractivity contribution in [2.75, 3.05) is 27.3 Å². The van der Waals surface area contributed by atoms with E-state index in [2.05, 4.69) is 4.74 Å². The highest BCUT2D eigenvalue weighted by atomic mass is 32.1. The number of hydrogen-bond acceptors (Lipinski definition) is 5. The summed E-state index contributed by atoms with van der Waals surface area (Å²) < 4.78 is 10.4. The lowest BCUT2D eigenvalue weighted by Gasteiger charge is -2.15. The van der Waals surface area contributed by atoms with Crippen molar-refractivity contribution in [1.82, 2.24) is 9.80 Å². The summed E-state index contributed by atoms with van der Waals surface area (Å²) in [6.45, 7) is 2.20. The molecule has 0 bridgehead atoms. The molecule has 27 heavy (non-hydrogen) atoms. The van der Waals surface area contributed by atoms with Crippen molar-refractivity contribution in [2.24, 2.45) is 0 Å². The Labute approximate surface area is 162 Å². The number of thiocarbonyl (C=S) groups is 1. The summed E-state index contributed by atoms with van der Waals surface area (Å²) in [6.07, 6.45) is 1.76. The zero-order chi connectivity index (χ0) is 19.6. The molecule has 0 aromatic heterocycles. The Morgan fingerprint density at radius 3 is 2.67 bits per heavy atom. The first-order valence-corrected chi connectivity index (χ1v) is 8.91. The summed E-state index contributed by atoms with van der Waals surface area (Å²) in [5.41, 5.74) is 1.18. The van der Waals surface area contributed by atoms with Crippen molar-refractivity contribution in [3.63, 3.8) is 0 Å². The van der Waals surface area contributed by atoms with Gasteiger partial charge in [-0.25, -0.2) is 0 Å². The van der Waals surface area contributed by atoms with E-state index in [1.807, 2.05) is 43.3 Å². The molecule has 3 rings (SSSR count). The van der Waals surface area contributed by atoms with Crippen molar-refractivity contribution in [3.05, 3.63) is 47.7 Å². The molecule has 0 saturated carbocycles. The van der Waals surface area contributed by atoms with Crippen LogP contribution in [0.3, 0.4) is 0 Å². The Bertz CT molecular complexity index is 954. The van der Waals surface area contributed by atoms with Crippen LogP contribution in [-0.4, -0.2) is 54.1 Å². The number of carbonyl (C=O) groups is 2. The van der Waals surface area contributed by atoms with E-state index < -0.39 is 5.97 Å². The highest BCUT2D eigenvalue weighted by Gasteiger charge is 2.37. The van der Waals surface area contributed by atoms with Crippen molar-refractivity contribution in [1.29, 1.82) is 0 Å². The minimum Gasteiger partial charge on any atom is -0.493 e. The lowest BCUT2D eigenvalue weighted by Crippen LogP contribution is -2.36. The molecule has 1 amide bonds. The lowest BCUT2D eigenvalue weighted by molar-refractivity contribution is -0.143. The predicted octanol–water partition coefficient (Wildman–Crippen LogP) is 2.81. The fourth-order valence-corrected chi connectivity index (χ4v) is 3.23. The van der Waals surface area contributed by atoms with Crippen LogP contribution in [0.25, 0.3) is 16.8 Å². The van der Waals surface area contributed by atoms with Crippen LogP contribution in [0.5, 0.6) is 5.75 Å². The number of rotatable bonds is 5. The van der Waals surface area contributed by atoms with Gasteiger partial charge in [0, 0.05) is 12.6 Å². The second kappa shape index (κ2) is 7.75. The Kier molecular flexibility index (Phi) is 5.41. The molecule has 1 aliphatic heterocycles. The van der Waals surface area contributed by atoms with E-state index in [1.165, 1.54) is 12.0 Å². The molecule has 0 unspecified atom stereocenters. The van der Waals surface area contributed by atoms with Crippen LogP contribution < -0.4 is 4.74 Å². The average molecular weight is 384 g/mol. The molecule has 2 aromatic carbocycles. The highest BCUT2D eigenvalue weighted by Crippen LogP contribution is 2.32. The molecule has 6 nitrogen and oxygen atoms in total. The number of benzene rings is 2. The molecule has 1 aliphatic rings. The standard InChI is InChI=1S/C20H20N2O4S/c1-4-26-17-10-9-13-7-5-6-8-14(13)15(17)11-16-19(24)22(12-18(23)25-3)20(27)21(16)2/h5-11H,4,12H2,1-3H3/b16-11-. The molecule has 0 atom stereocenters. The molecular formula is C20H20N2O4S. The van der Waals surface area contributed by atoms with Crippen LogP contribution in [0, 0.1) is 0 Å². The minimum absolute atomic E-state index is 0.219. The molecule has 0 aliphatic carbocycles. The van der Waals surface area contributed by atoms with Gasteiger partial charge in [0.2, 0.25) is 0 Å². The fraction of sp³-hybridized carbons (Fsp3) is 0.250. The quantitative estimate of drug-likeness (QED) is 0.449. The van der Waals surface area contributed by atoms with Crippen LogP contribution >= 0.6 is 12.2 Å². The Balaban J connectivity index is 2.10. The molecule has 0 N–H and O–H groups in total. The van der Waals surface area contributed by atoms with E-state index in [4.69, 9.17) is 17.0 Å². The fourth-order valence-electron chi connectivity index (χ4n) is 2.99. The van der Waals surface area contributed by atoms with Gasteiger partial charge in [0.15, 0.2) is 5.11 Å². The van der Waals surface area contributed by atoms with E-state index in [0.29, 0.717) is 18.1 Å². The maximum atomic E-state index is 12.9. The van der Waals surface area contributed by atoms with Crippen molar-refractivity contribution in [3.8, 4) is 5.75 Å². The first-order valence-electron chi connectivity index (χ1n) is 8.50. The van der Waals surface area contributed by atoms with E-state index >= 15 is 0 Å². The lowest BCUT2D eigenvalue weighted by atomic mass is 10.0. The predicted molar refractivity (Wildman–Crippen MR) is 107 cm³/mol. The number of methoxy groups -OCH3 is 1. The number of esters is 1. The summed E-state index contributed by atoms with van der Waals surface area (Å²) in [5, 5.41) is 2.26. The molecule has 0 spiro atoms. The SMILES string of the molecule is CCOc1ccc2ccccc2c1/C=C1/C(=O)N(CC(=O)OC)C(=S)N1C. The Morgan fingerprint density at radius 1 is 1.22 bits per heavy atom. The first-order chi connectivity index (χ1) is 13.0. The van der Waals surface area contributed by atoms with Crippen molar-refractivity contribution < 1.29 is 19.1 Å². The number of amides is 1. The normalized spacial score (nSPS) is 15.7. The monoisotopic (exact) mass is 384 g/mol. The van der Waals surface area contributed by atoms with E-state index in [9.17, 15) is 9.59 Å². The van der Waals surface area contributed by atoms with E-state index in [0.717, 1.165) is 16.3 Å². The zero-order valence-corrected chi connectivity index (χ0v) is 16.2. The largest absolute Gasteiger partial charge is 0.493 e. The van der Waals surface area contributed by atoms with E-state index in [1.54, 1.807) is 18.0 Å². The van der Waals surface area contributed by atoms with Crippen LogP contribution in [0.4, 0.5) is 0 Å². The molecule has 2 aromatic rings. The molecule has 1 saturated heterocycles. The van der Waals surface area contributed by atoms with Gasteiger partial charge in [0.05, 0.1) is 13.7 Å². The van der Waals surface area contributed by atoms with Gasteiger partial charge in [-0.05, 0) is 42.1 Å². The third kappa shape index (κ3) is 3.50. The minimum atomic E-state index is -0.527. The number of nitrogens with zero attached hydrogens (tertiary/aromatic N) is 2. The van der Waals surface area contributed by atoms with Crippen molar-refractivity contribution >= 4 is 46.1 Å². The van der Waals surface area contributed by atoms with Crippen LogP contribution in [-0.2, 0) is 14.3 Å². The third-order valence-corrected chi connectivity index (χ3v) is 4.86. The topological polar surface area (TPSA) is 59.1 Å². The number of ether oxygens (including phenoxy) is 2. The molecule has 1 fully saturated rings. The zero-order valence-electron chi connectivity index (χ0n) is 15.4. The summed E-state index contributed by atoms with van der Waals surface area (Å²) in [4.78, 5) is 27.3. The molecule has 0 radical (unpaired) electrons. The first kappa shape index (κ1) is 18.8. The Morgan fingerprint density at radius 2 is 1.96 bits per heavy atom. The second-order valence-corrected chi connectivity index (χ2v) is 6.34. The van der Waals surface area contributed by atoms with Crippen LogP contribution in [0.15, 0.2) is 42.1 Å². The molecular weight excluding hydrogens is 364 g/mol. The number of carbonyl (C=O) groups excluding carboxylic acids is 2. The molecule has 140 valence electrons. The summed E-state index contributed by atoms with van der Waals surface area (Å²) >= 11 is 5.33. The number of likely N-dealkylation sites (N-methyl/N-ethyl adjacent to an activating group) is 1. The smallest absolute Gasteiger partial charge is 0.325 e. The summed E-state index contributed by atoms with van der Waals surface area (Å²) in [6, 6.07) is 11.8. The van der Waals surface area contributed by atoms with Gasteiger partial charge >= 0.3 is 5.97 Å². The third-order valence-electron chi connectivity index (χ3n) is 4.37. The van der Waals surface area contributed by atoms with Crippen LogP contribution in [0.2, 0.25) is 0 Å². The van der Waals surface area contributed by atoms with E-state index in [-0.39, 0.29) is 17.6 Å². The molecule has 7 heteroatoms. The van der Waals surface area contributed by atoms with Crippen molar-refractivity contribution in [2.45, 2.75) is 6.92 Å². The second-order valence-electron chi connectivity index (χ2n) is 5.97. The van der Waals surface area contributed by atoms with Gasteiger partial charge in [-0.2, -0.15) is 0 Å². The summed E-state index contributed by atoms with van der Waals surface area (Å²) in [7, 11) is 2.98. The molecule has 1 heterocycles. The van der Waals surface area contributed by atoms with Gasteiger partial charge in [0.25, 0.3) is 5.91 Å². The van der Waals surface area contributed by atoms with Gasteiger partial charge in [-0.3, -0.25) is 14.5 Å². The number of fused-ring (bicyclic) bond motifs is 1. The maximum absolute atomic E-state index is 12.9. The van der Waals surface area contributed by atoms with Gasteiger partial charge in [0.1, 0.15) is 18.0 Å². The van der Waals surface area contributed by atoms with Gasteiger partial charge in [-0.1, -0.05) is 30.3 Å². The summed E-state index contributed by atoms with van der Waals surface area (Å²) in [5.74, 6) is -0.189. The highest BCUT2D eigenvalue weighted by molar-refractivity contribution is 7.80.